The van der Waals surface area contributed by atoms with Gasteiger partial charge < -0.3 is 4.57 Å². The van der Waals surface area contributed by atoms with Crippen molar-refractivity contribution in [3.8, 4) is 61.6 Å². The van der Waals surface area contributed by atoms with Gasteiger partial charge in [0.25, 0.3) is 0 Å². The van der Waals surface area contributed by atoms with Crippen LogP contribution in [0.25, 0.3) is 83.4 Å². The van der Waals surface area contributed by atoms with Crippen LogP contribution in [0.1, 0.15) is 22.3 Å². The Bertz CT molecular complexity index is 3070. The smallest absolute Gasteiger partial charge is 0.0725 e. The Morgan fingerprint density at radius 3 is 1.45 bits per heavy atom. The quantitative estimate of drug-likeness (QED) is 0.178. The summed E-state index contributed by atoms with van der Waals surface area (Å²) in [6, 6.07) is 75.5. The molecule has 0 N–H and O–H groups in total. The monoisotopic (exact) mass is 710 g/mol. The Hall–Kier alpha value is -7.29. The van der Waals surface area contributed by atoms with Crippen LogP contribution in [0, 0.1) is 0 Å². The molecule has 260 valence electrons. The van der Waals surface area contributed by atoms with E-state index in [-0.39, 0.29) is 0 Å². The zero-order valence-electron chi connectivity index (χ0n) is 30.5. The largest absolute Gasteiger partial charge is 0.309 e. The first-order valence-corrected chi connectivity index (χ1v) is 19.4. The van der Waals surface area contributed by atoms with Crippen molar-refractivity contribution in [2.75, 3.05) is 0 Å². The van der Waals surface area contributed by atoms with Gasteiger partial charge in [-0.25, -0.2) is 4.98 Å². The van der Waals surface area contributed by atoms with Gasteiger partial charge in [0, 0.05) is 27.6 Å². The summed E-state index contributed by atoms with van der Waals surface area (Å²) in [5, 5.41) is 2.45. The van der Waals surface area contributed by atoms with Crippen LogP contribution < -0.4 is 0 Å². The van der Waals surface area contributed by atoms with E-state index in [0.717, 1.165) is 33.8 Å². The van der Waals surface area contributed by atoms with E-state index >= 15 is 0 Å². The molecule has 2 aliphatic carbocycles. The van der Waals surface area contributed by atoms with Crippen LogP contribution in [0.5, 0.6) is 0 Å². The first-order valence-electron chi connectivity index (χ1n) is 19.4. The van der Waals surface area contributed by atoms with Crippen LogP contribution in [0.4, 0.5) is 0 Å². The van der Waals surface area contributed by atoms with Crippen molar-refractivity contribution >= 4 is 21.8 Å². The Balaban J connectivity index is 1.17. The summed E-state index contributed by atoms with van der Waals surface area (Å²) in [6.45, 7) is 0. The van der Waals surface area contributed by atoms with E-state index in [9.17, 15) is 0 Å². The molecule has 0 radical (unpaired) electrons. The third-order valence-electron chi connectivity index (χ3n) is 12.2. The minimum atomic E-state index is -0.414. The maximum atomic E-state index is 5.34. The molecule has 2 heterocycles. The van der Waals surface area contributed by atoms with Crippen molar-refractivity contribution < 1.29 is 0 Å². The van der Waals surface area contributed by atoms with Gasteiger partial charge in [-0.2, -0.15) is 0 Å². The number of nitrogens with zero attached hydrogens (tertiary/aromatic N) is 2. The second kappa shape index (κ2) is 11.9. The number of aromatic nitrogens is 2. The van der Waals surface area contributed by atoms with Crippen molar-refractivity contribution in [3.63, 3.8) is 0 Å². The van der Waals surface area contributed by atoms with Crippen molar-refractivity contribution in [2.24, 2.45) is 0 Å². The molecule has 2 aromatic heterocycles. The van der Waals surface area contributed by atoms with Crippen molar-refractivity contribution in [1.82, 2.24) is 9.55 Å². The van der Waals surface area contributed by atoms with Crippen molar-refractivity contribution in [3.05, 3.63) is 229 Å². The molecular formula is C54H34N2. The maximum Gasteiger partial charge on any atom is 0.0725 e. The first-order chi connectivity index (χ1) is 27.8. The topological polar surface area (TPSA) is 17.8 Å². The second-order valence-corrected chi connectivity index (χ2v) is 15.1. The predicted octanol–water partition coefficient (Wildman–Crippen LogP) is 13.5. The third-order valence-corrected chi connectivity index (χ3v) is 12.2. The zero-order valence-corrected chi connectivity index (χ0v) is 30.5. The number of hydrogen-bond donors (Lipinski definition) is 0. The molecule has 1 spiro atoms. The highest BCUT2D eigenvalue weighted by Crippen LogP contribution is 2.63. The fourth-order valence-corrected chi connectivity index (χ4v) is 9.85. The SMILES string of the molecule is c1ccc(-c2cc(-c3ccccc3)nc(-c3ccc4c(c3)c3cc5c(cc3n4-c3ccccc3)-c3ccccc3C53c4ccccc4-c4ccccc43)c2)cc1. The van der Waals surface area contributed by atoms with Gasteiger partial charge in [-0.1, -0.05) is 158 Å². The van der Waals surface area contributed by atoms with Crippen molar-refractivity contribution in [2.45, 2.75) is 5.41 Å². The number of para-hydroxylation sites is 1. The lowest BCUT2D eigenvalue weighted by Crippen LogP contribution is -2.25. The Labute approximate surface area is 325 Å². The van der Waals surface area contributed by atoms with Gasteiger partial charge in [0.05, 0.1) is 27.8 Å². The summed E-state index contributed by atoms with van der Waals surface area (Å²) in [5.74, 6) is 0. The maximum absolute atomic E-state index is 5.34. The lowest BCUT2D eigenvalue weighted by molar-refractivity contribution is 0.795. The molecular weight excluding hydrogens is 677 g/mol. The van der Waals surface area contributed by atoms with Gasteiger partial charge in [0.1, 0.15) is 0 Å². The summed E-state index contributed by atoms with van der Waals surface area (Å²) in [6.07, 6.45) is 0. The van der Waals surface area contributed by atoms with E-state index < -0.39 is 5.41 Å². The molecule has 2 heteroatoms. The van der Waals surface area contributed by atoms with Crippen molar-refractivity contribution in [1.29, 1.82) is 0 Å². The van der Waals surface area contributed by atoms with Gasteiger partial charge in [0.2, 0.25) is 0 Å². The fraction of sp³-hybridized carbons (Fsp3) is 0.0185. The van der Waals surface area contributed by atoms with Crippen LogP contribution in [0.15, 0.2) is 206 Å². The van der Waals surface area contributed by atoms with Gasteiger partial charge in [-0.05, 0) is 104 Å². The van der Waals surface area contributed by atoms with Gasteiger partial charge >= 0.3 is 0 Å². The first kappa shape index (κ1) is 31.1. The normalized spacial score (nSPS) is 13.1. The molecule has 0 bridgehead atoms. The summed E-state index contributed by atoms with van der Waals surface area (Å²) in [5.41, 5.74) is 20.2. The average molecular weight is 711 g/mol. The van der Waals surface area contributed by atoms with E-state index in [1.54, 1.807) is 0 Å². The van der Waals surface area contributed by atoms with E-state index in [1.165, 1.54) is 71.9 Å². The Morgan fingerprint density at radius 1 is 0.321 bits per heavy atom. The highest BCUT2D eigenvalue weighted by Gasteiger charge is 2.51. The molecule has 0 atom stereocenters. The van der Waals surface area contributed by atoms with Crippen LogP contribution >= 0.6 is 0 Å². The molecule has 0 fully saturated rings. The van der Waals surface area contributed by atoms with Crippen LogP contribution in [-0.2, 0) is 5.41 Å². The van der Waals surface area contributed by atoms with E-state index in [4.69, 9.17) is 4.98 Å². The summed E-state index contributed by atoms with van der Waals surface area (Å²) in [4.78, 5) is 5.34. The summed E-state index contributed by atoms with van der Waals surface area (Å²) in [7, 11) is 0. The number of rotatable bonds is 4. The number of hydrogen-bond acceptors (Lipinski definition) is 1. The highest BCUT2D eigenvalue weighted by atomic mass is 15.0. The minimum absolute atomic E-state index is 0.414. The lowest BCUT2D eigenvalue weighted by Gasteiger charge is -2.30. The molecule has 8 aromatic carbocycles. The van der Waals surface area contributed by atoms with Gasteiger partial charge in [0.15, 0.2) is 0 Å². The lowest BCUT2D eigenvalue weighted by atomic mass is 9.70. The zero-order chi connectivity index (χ0) is 36.8. The average Bonchev–Trinajstić information content (AvgIpc) is 3.87. The molecule has 56 heavy (non-hydrogen) atoms. The Kier molecular flexibility index (Phi) is 6.58. The molecule has 0 amide bonds. The highest BCUT2D eigenvalue weighted by molar-refractivity contribution is 6.13. The molecule has 0 saturated carbocycles. The molecule has 2 aliphatic rings. The number of fused-ring (bicyclic) bond motifs is 13. The van der Waals surface area contributed by atoms with Gasteiger partial charge in [-0.15, -0.1) is 0 Å². The minimum Gasteiger partial charge on any atom is -0.309 e. The third kappa shape index (κ3) is 4.30. The van der Waals surface area contributed by atoms with Crippen LogP contribution in [-0.4, -0.2) is 9.55 Å². The van der Waals surface area contributed by atoms with Crippen LogP contribution in [0.3, 0.4) is 0 Å². The van der Waals surface area contributed by atoms with E-state index in [0.29, 0.717) is 0 Å². The molecule has 0 unspecified atom stereocenters. The fourth-order valence-electron chi connectivity index (χ4n) is 9.85. The summed E-state index contributed by atoms with van der Waals surface area (Å²) < 4.78 is 2.45. The molecule has 2 nitrogen and oxygen atoms in total. The molecule has 10 aromatic rings. The van der Waals surface area contributed by atoms with Gasteiger partial charge in [-0.3, -0.25) is 0 Å². The summed E-state index contributed by atoms with van der Waals surface area (Å²) >= 11 is 0. The molecule has 12 rings (SSSR count). The predicted molar refractivity (Wildman–Crippen MR) is 231 cm³/mol. The van der Waals surface area contributed by atoms with E-state index in [1.807, 2.05) is 0 Å². The van der Waals surface area contributed by atoms with Crippen LogP contribution in [0.2, 0.25) is 0 Å². The standard InChI is InChI=1S/C54H34N2/c1-4-16-35(17-5-1)38-31-50(36-18-6-2-7-19-36)55-51(32-38)37-28-29-52-44(30-37)45-33-49-43(34-53(45)56(52)39-20-8-3-9-21-39)42-24-12-15-27-48(42)54(49)46-25-13-10-22-40(46)41-23-11-14-26-47(41)54/h1-34H. The Morgan fingerprint density at radius 2 is 0.821 bits per heavy atom. The number of pyridine rings is 1. The second-order valence-electron chi connectivity index (χ2n) is 15.1. The molecule has 0 saturated heterocycles. The van der Waals surface area contributed by atoms with E-state index in [2.05, 4.69) is 211 Å². The molecule has 0 aliphatic heterocycles. The number of benzene rings is 8.